The molecule has 0 saturated heterocycles. The molecule has 0 atom stereocenters. The number of aromatic nitrogens is 2. The van der Waals surface area contributed by atoms with Crippen molar-refractivity contribution in [3.8, 4) is 0 Å². The highest BCUT2D eigenvalue weighted by molar-refractivity contribution is 7.08. The Morgan fingerprint density at radius 3 is 2.79 bits per heavy atom. The minimum absolute atomic E-state index is 0.0330. The summed E-state index contributed by atoms with van der Waals surface area (Å²) in [5.74, 6) is 0.390. The Labute approximate surface area is 169 Å². The maximum atomic E-state index is 13.0. The van der Waals surface area contributed by atoms with Crippen LogP contribution in [0.25, 0.3) is 0 Å². The summed E-state index contributed by atoms with van der Waals surface area (Å²) in [6.07, 6.45) is 5.18. The number of nitrogens with zero attached hydrogens (tertiary/aromatic N) is 3. The number of rotatable bonds is 5. The molecule has 1 aliphatic heterocycles. The third-order valence-electron chi connectivity index (χ3n) is 5.63. The van der Waals surface area contributed by atoms with Gasteiger partial charge in [-0.3, -0.25) is 14.3 Å². The van der Waals surface area contributed by atoms with Gasteiger partial charge >= 0.3 is 0 Å². The maximum Gasteiger partial charge on any atom is 0.272 e. The van der Waals surface area contributed by atoms with Crippen molar-refractivity contribution < 1.29 is 9.59 Å². The Hall–Kier alpha value is -2.15. The largest absolute Gasteiger partial charge is 0.348 e. The van der Waals surface area contributed by atoms with Gasteiger partial charge in [-0.2, -0.15) is 16.4 Å². The fourth-order valence-corrected chi connectivity index (χ4v) is 4.87. The Bertz CT molecular complexity index is 850. The van der Waals surface area contributed by atoms with E-state index in [1.165, 1.54) is 24.2 Å². The van der Waals surface area contributed by atoms with Gasteiger partial charge in [0.25, 0.3) is 11.8 Å². The van der Waals surface area contributed by atoms with Crippen LogP contribution < -0.4 is 5.32 Å². The predicted molar refractivity (Wildman–Crippen MR) is 110 cm³/mol. The minimum Gasteiger partial charge on any atom is -0.348 e. The average molecular weight is 401 g/mol. The lowest BCUT2D eigenvalue weighted by molar-refractivity contribution is 0.0730. The molecule has 3 heterocycles. The van der Waals surface area contributed by atoms with Gasteiger partial charge in [-0.1, -0.05) is 26.7 Å². The molecule has 0 radical (unpaired) electrons. The second-order valence-corrected chi connectivity index (χ2v) is 9.07. The topological polar surface area (TPSA) is 67.2 Å². The highest BCUT2D eigenvalue weighted by Gasteiger charge is 2.31. The fraction of sp³-hybridized carbons (Fsp3) is 0.571. The summed E-state index contributed by atoms with van der Waals surface area (Å²) in [6.45, 7) is 6.21. The van der Waals surface area contributed by atoms with Gasteiger partial charge in [0.2, 0.25) is 0 Å². The smallest absolute Gasteiger partial charge is 0.272 e. The number of nitrogens with one attached hydrogen (secondary N) is 1. The maximum absolute atomic E-state index is 13.0. The highest BCUT2D eigenvalue weighted by atomic mass is 32.1. The molecule has 4 rings (SSSR count). The number of hydrogen-bond acceptors (Lipinski definition) is 4. The van der Waals surface area contributed by atoms with E-state index in [4.69, 9.17) is 5.10 Å². The molecule has 7 heteroatoms. The Morgan fingerprint density at radius 2 is 2.11 bits per heavy atom. The van der Waals surface area contributed by atoms with Crippen molar-refractivity contribution in [1.82, 2.24) is 20.0 Å². The summed E-state index contributed by atoms with van der Waals surface area (Å²) in [4.78, 5) is 27.7. The van der Waals surface area contributed by atoms with Crippen LogP contribution in [0.3, 0.4) is 0 Å². The van der Waals surface area contributed by atoms with Crippen molar-refractivity contribution in [2.75, 3.05) is 6.54 Å². The van der Waals surface area contributed by atoms with Gasteiger partial charge in [0.15, 0.2) is 5.69 Å². The lowest BCUT2D eigenvalue weighted by Gasteiger charge is -2.28. The third kappa shape index (κ3) is 3.85. The van der Waals surface area contributed by atoms with Crippen molar-refractivity contribution in [3.05, 3.63) is 39.3 Å². The van der Waals surface area contributed by atoms with Crippen LogP contribution in [0.4, 0.5) is 0 Å². The van der Waals surface area contributed by atoms with Crippen LogP contribution in [-0.2, 0) is 19.5 Å². The Morgan fingerprint density at radius 1 is 1.32 bits per heavy atom. The highest BCUT2D eigenvalue weighted by Crippen LogP contribution is 2.26. The van der Waals surface area contributed by atoms with Gasteiger partial charge in [-0.15, -0.1) is 0 Å². The van der Waals surface area contributed by atoms with Crippen LogP contribution in [-0.4, -0.2) is 39.1 Å². The van der Waals surface area contributed by atoms with E-state index < -0.39 is 0 Å². The minimum atomic E-state index is -0.0875. The molecule has 1 saturated carbocycles. The molecule has 0 bridgehead atoms. The van der Waals surface area contributed by atoms with Crippen LogP contribution in [0.15, 0.2) is 16.8 Å². The molecule has 2 aromatic rings. The molecule has 2 aromatic heterocycles. The molecule has 1 aliphatic carbocycles. The molecule has 2 aliphatic rings. The summed E-state index contributed by atoms with van der Waals surface area (Å²) in [6, 6.07) is 2.11. The van der Waals surface area contributed by atoms with E-state index >= 15 is 0 Å². The molecule has 0 spiro atoms. The zero-order valence-electron chi connectivity index (χ0n) is 16.6. The fourth-order valence-electron chi connectivity index (χ4n) is 4.24. The van der Waals surface area contributed by atoms with E-state index in [2.05, 4.69) is 19.2 Å². The standard InChI is InChI=1S/C21H28N4O2S/c1-14(2)11-25-18-7-9-24(21(27)15-8-10-28-13-15)12-17(18)19(23-25)20(26)22-16-5-3-4-6-16/h8,10,13-14,16H,3-7,9,11-12H2,1-2H3,(H,22,26). The van der Waals surface area contributed by atoms with Gasteiger partial charge < -0.3 is 10.2 Å². The monoisotopic (exact) mass is 400 g/mol. The van der Waals surface area contributed by atoms with Crippen molar-refractivity contribution in [1.29, 1.82) is 0 Å². The third-order valence-corrected chi connectivity index (χ3v) is 6.32. The zero-order chi connectivity index (χ0) is 19.7. The summed E-state index contributed by atoms with van der Waals surface area (Å²) in [5, 5.41) is 11.7. The molecular formula is C21H28N4O2S. The summed E-state index contributed by atoms with van der Waals surface area (Å²) in [7, 11) is 0. The van der Waals surface area contributed by atoms with Crippen LogP contribution >= 0.6 is 11.3 Å². The van der Waals surface area contributed by atoms with Crippen molar-refractivity contribution in [2.45, 2.75) is 65.1 Å². The Kier molecular flexibility index (Phi) is 5.53. The first-order chi connectivity index (χ1) is 13.5. The van der Waals surface area contributed by atoms with E-state index in [-0.39, 0.29) is 17.9 Å². The molecule has 2 amide bonds. The van der Waals surface area contributed by atoms with Gasteiger partial charge in [0.05, 0.1) is 12.1 Å². The number of amides is 2. The van der Waals surface area contributed by atoms with Crippen LogP contribution in [0.1, 0.15) is 71.6 Å². The molecule has 150 valence electrons. The van der Waals surface area contributed by atoms with Crippen LogP contribution in [0.2, 0.25) is 0 Å². The molecule has 1 fully saturated rings. The first kappa shape index (κ1) is 19.2. The lowest BCUT2D eigenvalue weighted by Crippen LogP contribution is -2.38. The number of hydrogen-bond donors (Lipinski definition) is 1. The van der Waals surface area contributed by atoms with Gasteiger partial charge in [-0.25, -0.2) is 0 Å². The van der Waals surface area contributed by atoms with Crippen LogP contribution in [0, 0.1) is 5.92 Å². The van der Waals surface area contributed by atoms with Crippen molar-refractivity contribution in [3.63, 3.8) is 0 Å². The summed E-state index contributed by atoms with van der Waals surface area (Å²) in [5.41, 5.74) is 3.26. The Balaban J connectivity index is 1.60. The molecule has 1 N–H and O–H groups in total. The average Bonchev–Trinajstić information content (AvgIpc) is 3.42. The van der Waals surface area contributed by atoms with E-state index in [0.29, 0.717) is 24.7 Å². The molecule has 28 heavy (non-hydrogen) atoms. The number of carbonyl (C=O) groups excluding carboxylic acids is 2. The van der Waals surface area contributed by atoms with Gasteiger partial charge in [-0.05, 0) is 30.2 Å². The number of fused-ring (bicyclic) bond motifs is 1. The second kappa shape index (κ2) is 8.07. The summed E-state index contributed by atoms with van der Waals surface area (Å²) < 4.78 is 2.00. The molecule has 0 aromatic carbocycles. The molecular weight excluding hydrogens is 372 g/mol. The molecule has 0 unspecified atom stereocenters. The van der Waals surface area contributed by atoms with E-state index in [1.807, 2.05) is 26.4 Å². The van der Waals surface area contributed by atoms with E-state index in [1.54, 1.807) is 0 Å². The van der Waals surface area contributed by atoms with Crippen molar-refractivity contribution >= 4 is 23.2 Å². The first-order valence-electron chi connectivity index (χ1n) is 10.2. The van der Waals surface area contributed by atoms with E-state index in [9.17, 15) is 9.59 Å². The van der Waals surface area contributed by atoms with Gasteiger partial charge in [0, 0.05) is 42.2 Å². The number of carbonyl (C=O) groups is 2. The normalized spacial score (nSPS) is 17.2. The zero-order valence-corrected chi connectivity index (χ0v) is 17.4. The van der Waals surface area contributed by atoms with Crippen LogP contribution in [0.5, 0.6) is 0 Å². The quantitative estimate of drug-likeness (QED) is 0.836. The molecule has 6 nitrogen and oxygen atoms in total. The first-order valence-corrected chi connectivity index (χ1v) is 11.2. The second-order valence-electron chi connectivity index (χ2n) is 8.29. The lowest BCUT2D eigenvalue weighted by atomic mass is 10.0. The summed E-state index contributed by atoms with van der Waals surface area (Å²) >= 11 is 1.53. The van der Waals surface area contributed by atoms with Crippen molar-refractivity contribution in [2.24, 2.45) is 5.92 Å². The SMILES string of the molecule is CC(C)Cn1nc(C(=O)NC2CCCC2)c2c1CCN(C(=O)c1ccsc1)C2. The predicted octanol–water partition coefficient (Wildman–Crippen LogP) is 3.47. The van der Waals surface area contributed by atoms with E-state index in [0.717, 1.165) is 42.6 Å². The van der Waals surface area contributed by atoms with Gasteiger partial charge in [0.1, 0.15) is 0 Å². The number of thiophene rings is 1.